The standard InChI is InChI=1S/C20H25N5O/c1-3-6-15-11-17(24-23-15)20(26)25-10-5-8-14(12-25)19-21-16-9-4-7-13(2)18(16)22-19/h4,7,9,11,14H,3,5-6,8,10,12H2,1-2H3,(H,21,22)(H,23,24)/t14-/m1/s1. The van der Waals surface area contributed by atoms with Gasteiger partial charge in [0.2, 0.25) is 0 Å². The predicted octanol–water partition coefficient (Wildman–Crippen LogP) is 3.57. The van der Waals surface area contributed by atoms with Crippen LogP contribution < -0.4 is 0 Å². The molecular weight excluding hydrogens is 326 g/mol. The lowest BCUT2D eigenvalue weighted by atomic mass is 9.97. The summed E-state index contributed by atoms with van der Waals surface area (Å²) in [6.45, 7) is 5.67. The number of aryl methyl sites for hydroxylation is 2. The summed E-state index contributed by atoms with van der Waals surface area (Å²) in [6.07, 6.45) is 3.98. The third kappa shape index (κ3) is 3.11. The number of para-hydroxylation sites is 1. The van der Waals surface area contributed by atoms with Gasteiger partial charge in [-0.25, -0.2) is 4.98 Å². The van der Waals surface area contributed by atoms with Gasteiger partial charge >= 0.3 is 0 Å². The molecular formula is C20H25N5O. The summed E-state index contributed by atoms with van der Waals surface area (Å²) in [5, 5.41) is 7.19. The number of hydrogen-bond donors (Lipinski definition) is 2. The topological polar surface area (TPSA) is 77.7 Å². The molecule has 1 aliphatic heterocycles. The van der Waals surface area contributed by atoms with Gasteiger partial charge in [-0.1, -0.05) is 25.5 Å². The van der Waals surface area contributed by atoms with Crippen molar-refractivity contribution >= 4 is 16.9 Å². The first-order valence-corrected chi connectivity index (χ1v) is 9.44. The highest BCUT2D eigenvalue weighted by Gasteiger charge is 2.28. The molecule has 4 rings (SSSR count). The monoisotopic (exact) mass is 351 g/mol. The molecule has 2 N–H and O–H groups in total. The van der Waals surface area contributed by atoms with Gasteiger partial charge < -0.3 is 9.88 Å². The Morgan fingerprint density at radius 3 is 3.08 bits per heavy atom. The molecule has 1 atom stereocenters. The van der Waals surface area contributed by atoms with Crippen LogP contribution >= 0.6 is 0 Å². The average Bonchev–Trinajstić information content (AvgIpc) is 3.29. The SMILES string of the molecule is CCCc1cc(C(=O)N2CCC[C@@H](c3nc4c(C)cccc4[nH]3)C2)n[nH]1. The van der Waals surface area contributed by atoms with Crippen LogP contribution in [0.15, 0.2) is 24.3 Å². The van der Waals surface area contributed by atoms with E-state index in [1.807, 2.05) is 17.0 Å². The van der Waals surface area contributed by atoms with Crippen molar-refractivity contribution in [1.29, 1.82) is 0 Å². The fourth-order valence-electron chi connectivity index (χ4n) is 3.80. The molecule has 1 aromatic carbocycles. The molecule has 1 fully saturated rings. The average molecular weight is 351 g/mol. The van der Waals surface area contributed by atoms with E-state index in [-0.39, 0.29) is 11.8 Å². The molecule has 6 nitrogen and oxygen atoms in total. The minimum Gasteiger partial charge on any atom is -0.342 e. The molecule has 3 aromatic rings. The molecule has 0 spiro atoms. The van der Waals surface area contributed by atoms with Gasteiger partial charge in [0.1, 0.15) is 11.5 Å². The van der Waals surface area contributed by atoms with Gasteiger partial charge in [-0.05, 0) is 43.9 Å². The minimum atomic E-state index is 0.0144. The van der Waals surface area contributed by atoms with E-state index in [1.54, 1.807) is 0 Å². The fourth-order valence-corrected chi connectivity index (χ4v) is 3.80. The second-order valence-electron chi connectivity index (χ2n) is 7.21. The third-order valence-corrected chi connectivity index (χ3v) is 5.20. The maximum absolute atomic E-state index is 12.8. The summed E-state index contributed by atoms with van der Waals surface area (Å²) in [5.41, 5.74) is 4.82. The molecule has 0 unspecified atom stereocenters. The van der Waals surface area contributed by atoms with Crippen molar-refractivity contribution < 1.29 is 4.79 Å². The van der Waals surface area contributed by atoms with Crippen molar-refractivity contribution in [3.8, 4) is 0 Å². The molecule has 3 heterocycles. The molecule has 1 saturated heterocycles. The van der Waals surface area contributed by atoms with Crippen molar-refractivity contribution in [2.24, 2.45) is 0 Å². The first kappa shape index (κ1) is 16.8. The zero-order chi connectivity index (χ0) is 18.1. The van der Waals surface area contributed by atoms with E-state index in [0.29, 0.717) is 12.2 Å². The maximum atomic E-state index is 12.8. The van der Waals surface area contributed by atoms with Crippen LogP contribution in [-0.4, -0.2) is 44.1 Å². The van der Waals surface area contributed by atoms with Crippen LogP contribution in [0.5, 0.6) is 0 Å². The lowest BCUT2D eigenvalue weighted by Crippen LogP contribution is -2.39. The van der Waals surface area contributed by atoms with Crippen molar-refractivity contribution in [2.45, 2.75) is 45.4 Å². The minimum absolute atomic E-state index is 0.0144. The zero-order valence-electron chi connectivity index (χ0n) is 15.4. The summed E-state index contributed by atoms with van der Waals surface area (Å²) in [6, 6.07) is 8.07. The van der Waals surface area contributed by atoms with Crippen molar-refractivity contribution in [3.63, 3.8) is 0 Å². The molecule has 0 saturated carbocycles. The number of piperidine rings is 1. The number of aromatic nitrogens is 4. The van der Waals surface area contributed by atoms with Crippen LogP contribution in [0, 0.1) is 6.92 Å². The van der Waals surface area contributed by atoms with Crippen LogP contribution in [0.3, 0.4) is 0 Å². The van der Waals surface area contributed by atoms with Gasteiger partial charge in [0.05, 0.1) is 11.0 Å². The Balaban J connectivity index is 1.52. The highest BCUT2D eigenvalue weighted by atomic mass is 16.2. The van der Waals surface area contributed by atoms with E-state index in [9.17, 15) is 4.79 Å². The van der Waals surface area contributed by atoms with Gasteiger partial charge in [0, 0.05) is 24.7 Å². The number of carbonyl (C=O) groups excluding carboxylic acids is 1. The van der Waals surface area contributed by atoms with Gasteiger partial charge in [-0.15, -0.1) is 0 Å². The van der Waals surface area contributed by atoms with E-state index in [1.165, 1.54) is 5.56 Å². The number of imidazole rings is 1. The number of likely N-dealkylation sites (tertiary alicyclic amines) is 1. The third-order valence-electron chi connectivity index (χ3n) is 5.20. The number of carbonyl (C=O) groups is 1. The summed E-state index contributed by atoms with van der Waals surface area (Å²) in [4.78, 5) is 23.0. The highest BCUT2D eigenvalue weighted by Crippen LogP contribution is 2.28. The molecule has 1 amide bonds. The second kappa shape index (κ2) is 6.94. The van der Waals surface area contributed by atoms with E-state index >= 15 is 0 Å². The lowest BCUT2D eigenvalue weighted by molar-refractivity contribution is 0.0699. The summed E-state index contributed by atoms with van der Waals surface area (Å²) < 4.78 is 0. The van der Waals surface area contributed by atoms with Crippen LogP contribution in [-0.2, 0) is 6.42 Å². The molecule has 2 aromatic heterocycles. The van der Waals surface area contributed by atoms with Crippen LogP contribution in [0.2, 0.25) is 0 Å². The number of fused-ring (bicyclic) bond motifs is 1. The number of nitrogens with one attached hydrogen (secondary N) is 2. The number of nitrogens with zero attached hydrogens (tertiary/aromatic N) is 3. The smallest absolute Gasteiger partial charge is 0.274 e. The zero-order valence-corrected chi connectivity index (χ0v) is 15.4. The Hall–Kier alpha value is -2.63. The van der Waals surface area contributed by atoms with E-state index in [0.717, 1.165) is 54.8 Å². The van der Waals surface area contributed by atoms with Crippen molar-refractivity contribution in [3.05, 3.63) is 47.0 Å². The number of rotatable bonds is 4. The predicted molar refractivity (Wildman–Crippen MR) is 101 cm³/mol. The van der Waals surface area contributed by atoms with E-state index in [4.69, 9.17) is 4.98 Å². The molecule has 0 bridgehead atoms. The van der Waals surface area contributed by atoms with Crippen molar-refractivity contribution in [1.82, 2.24) is 25.1 Å². The van der Waals surface area contributed by atoms with E-state index < -0.39 is 0 Å². The lowest BCUT2D eigenvalue weighted by Gasteiger charge is -2.31. The quantitative estimate of drug-likeness (QED) is 0.754. The first-order chi connectivity index (χ1) is 12.7. The fraction of sp³-hybridized carbons (Fsp3) is 0.450. The van der Waals surface area contributed by atoms with Crippen molar-refractivity contribution in [2.75, 3.05) is 13.1 Å². The van der Waals surface area contributed by atoms with Gasteiger partial charge in [0.25, 0.3) is 5.91 Å². The molecule has 26 heavy (non-hydrogen) atoms. The molecule has 136 valence electrons. The van der Waals surface area contributed by atoms with Gasteiger partial charge in [-0.3, -0.25) is 9.89 Å². The number of amides is 1. The Labute approximate surface area is 153 Å². The molecule has 1 aliphatic rings. The summed E-state index contributed by atoms with van der Waals surface area (Å²) in [7, 11) is 0. The Morgan fingerprint density at radius 2 is 2.27 bits per heavy atom. The molecule has 0 radical (unpaired) electrons. The molecule has 6 heteroatoms. The highest BCUT2D eigenvalue weighted by molar-refractivity contribution is 5.92. The van der Waals surface area contributed by atoms with E-state index in [2.05, 4.69) is 41.2 Å². The summed E-state index contributed by atoms with van der Waals surface area (Å²) in [5.74, 6) is 1.25. The number of hydrogen-bond acceptors (Lipinski definition) is 3. The second-order valence-corrected chi connectivity index (χ2v) is 7.21. The number of H-pyrrole nitrogens is 2. The van der Waals surface area contributed by atoms with Crippen LogP contribution in [0.4, 0.5) is 0 Å². The van der Waals surface area contributed by atoms with Gasteiger partial charge in [0.15, 0.2) is 0 Å². The van der Waals surface area contributed by atoms with Crippen LogP contribution in [0.1, 0.15) is 59.7 Å². The largest absolute Gasteiger partial charge is 0.342 e. The van der Waals surface area contributed by atoms with Crippen LogP contribution in [0.25, 0.3) is 11.0 Å². The number of benzene rings is 1. The maximum Gasteiger partial charge on any atom is 0.274 e. The normalized spacial score (nSPS) is 17.8. The first-order valence-electron chi connectivity index (χ1n) is 9.44. The molecule has 0 aliphatic carbocycles. The Morgan fingerprint density at radius 1 is 1.38 bits per heavy atom. The summed E-state index contributed by atoms with van der Waals surface area (Å²) >= 11 is 0. The van der Waals surface area contributed by atoms with Gasteiger partial charge in [-0.2, -0.15) is 5.10 Å². The Bertz CT molecular complexity index is 925. The number of aromatic amines is 2. The Kier molecular flexibility index (Phi) is 4.49.